The van der Waals surface area contributed by atoms with E-state index in [4.69, 9.17) is 11.6 Å². The molecule has 6 heteroatoms. The zero-order valence-electron chi connectivity index (χ0n) is 12.4. The Kier molecular flexibility index (Phi) is 7.30. The average Bonchev–Trinajstić information content (AvgIpc) is 2.42. The molecule has 0 fully saturated rings. The third-order valence-corrected chi connectivity index (χ3v) is 3.38. The van der Waals surface area contributed by atoms with Crippen LogP contribution in [-0.4, -0.2) is 28.5 Å². The maximum Gasteiger partial charge on any atom is 0.221 e. The third-order valence-electron chi connectivity index (χ3n) is 3.06. The van der Waals surface area contributed by atoms with Gasteiger partial charge in [0.2, 0.25) is 5.91 Å². The first-order valence-corrected chi connectivity index (χ1v) is 7.48. The van der Waals surface area contributed by atoms with Crippen molar-refractivity contribution in [1.29, 1.82) is 0 Å². The number of carbonyl (C=O) groups excluding carboxylic acids is 1. The summed E-state index contributed by atoms with van der Waals surface area (Å²) in [5, 5.41) is 6.57. The van der Waals surface area contributed by atoms with Gasteiger partial charge in [0.15, 0.2) is 0 Å². The Balaban J connectivity index is 2.49. The van der Waals surface area contributed by atoms with E-state index in [2.05, 4.69) is 27.5 Å². The van der Waals surface area contributed by atoms with E-state index in [1.165, 1.54) is 6.33 Å². The van der Waals surface area contributed by atoms with Crippen molar-refractivity contribution in [1.82, 2.24) is 15.3 Å². The number of aromatic nitrogens is 2. The van der Waals surface area contributed by atoms with Gasteiger partial charge in [-0.05, 0) is 19.8 Å². The van der Waals surface area contributed by atoms with Crippen LogP contribution in [0.25, 0.3) is 0 Å². The van der Waals surface area contributed by atoms with E-state index in [-0.39, 0.29) is 11.9 Å². The van der Waals surface area contributed by atoms with Crippen LogP contribution in [0, 0.1) is 0 Å². The fourth-order valence-electron chi connectivity index (χ4n) is 1.76. The van der Waals surface area contributed by atoms with Gasteiger partial charge in [0.05, 0.1) is 0 Å². The Labute approximate surface area is 125 Å². The van der Waals surface area contributed by atoms with Gasteiger partial charge >= 0.3 is 0 Å². The van der Waals surface area contributed by atoms with Gasteiger partial charge in [-0.2, -0.15) is 0 Å². The second kappa shape index (κ2) is 8.74. The molecule has 112 valence electrons. The van der Waals surface area contributed by atoms with Crippen molar-refractivity contribution >= 4 is 23.3 Å². The molecular formula is C14H23ClN4O. The van der Waals surface area contributed by atoms with E-state index >= 15 is 0 Å². The van der Waals surface area contributed by atoms with E-state index < -0.39 is 0 Å². The fourth-order valence-corrected chi connectivity index (χ4v) is 1.99. The van der Waals surface area contributed by atoms with Crippen LogP contribution in [0.3, 0.4) is 0 Å². The normalized spacial score (nSPS) is 12.0. The molecule has 0 saturated heterocycles. The quantitative estimate of drug-likeness (QED) is 0.724. The van der Waals surface area contributed by atoms with Gasteiger partial charge in [-0.25, -0.2) is 9.97 Å². The molecule has 2 N–H and O–H groups in total. The second-order valence-corrected chi connectivity index (χ2v) is 5.15. The van der Waals surface area contributed by atoms with E-state index in [0.717, 1.165) is 30.6 Å². The first-order valence-electron chi connectivity index (χ1n) is 7.11. The highest BCUT2D eigenvalue weighted by Gasteiger charge is 2.10. The van der Waals surface area contributed by atoms with Crippen molar-refractivity contribution in [2.24, 2.45) is 0 Å². The lowest BCUT2D eigenvalue weighted by atomic mass is 10.2. The lowest BCUT2D eigenvalue weighted by Gasteiger charge is -2.13. The first-order chi connectivity index (χ1) is 9.58. The molecule has 1 heterocycles. The topological polar surface area (TPSA) is 66.9 Å². The van der Waals surface area contributed by atoms with Gasteiger partial charge in [-0.15, -0.1) is 0 Å². The summed E-state index contributed by atoms with van der Waals surface area (Å²) in [5.41, 5.74) is 0.916. The van der Waals surface area contributed by atoms with Crippen molar-refractivity contribution in [2.45, 2.75) is 52.5 Å². The number of carbonyl (C=O) groups is 1. The Hall–Kier alpha value is -1.36. The fraction of sp³-hybridized carbons (Fsp3) is 0.643. The monoisotopic (exact) mass is 298 g/mol. The maximum atomic E-state index is 11.7. The minimum absolute atomic E-state index is 0.0454. The van der Waals surface area contributed by atoms with Crippen LogP contribution in [-0.2, 0) is 11.2 Å². The van der Waals surface area contributed by atoms with Crippen LogP contribution in [0.5, 0.6) is 0 Å². The summed E-state index contributed by atoms with van der Waals surface area (Å²) in [4.78, 5) is 19.9. The number of amides is 1. The van der Waals surface area contributed by atoms with Gasteiger partial charge in [0.1, 0.15) is 17.3 Å². The van der Waals surface area contributed by atoms with Crippen molar-refractivity contribution in [3.8, 4) is 0 Å². The van der Waals surface area contributed by atoms with Gasteiger partial charge in [-0.1, -0.05) is 31.9 Å². The molecular weight excluding hydrogens is 276 g/mol. The summed E-state index contributed by atoms with van der Waals surface area (Å²) in [6, 6.07) is 0.214. The molecule has 1 rings (SSSR count). The minimum Gasteiger partial charge on any atom is -0.369 e. The van der Waals surface area contributed by atoms with E-state index in [0.29, 0.717) is 18.1 Å². The molecule has 0 radical (unpaired) electrons. The highest BCUT2D eigenvalue weighted by molar-refractivity contribution is 6.30. The third kappa shape index (κ3) is 5.33. The predicted octanol–water partition coefficient (Wildman–Crippen LogP) is 2.80. The molecule has 5 nitrogen and oxygen atoms in total. The van der Waals surface area contributed by atoms with Crippen molar-refractivity contribution in [2.75, 3.05) is 11.9 Å². The molecule has 1 aromatic heterocycles. The highest BCUT2D eigenvalue weighted by atomic mass is 35.5. The zero-order valence-corrected chi connectivity index (χ0v) is 13.1. The van der Waals surface area contributed by atoms with Crippen molar-refractivity contribution in [3.05, 3.63) is 17.0 Å². The van der Waals surface area contributed by atoms with Crippen molar-refractivity contribution < 1.29 is 4.79 Å². The molecule has 0 saturated carbocycles. The number of hydrogen-bond donors (Lipinski definition) is 2. The molecule has 0 aliphatic carbocycles. The molecule has 0 aliphatic heterocycles. The van der Waals surface area contributed by atoms with Crippen LogP contribution in [0.2, 0.25) is 5.15 Å². The number of nitrogens with one attached hydrogen (secondary N) is 2. The molecule has 0 aliphatic rings. The SMILES string of the molecule is CCCc1c(Cl)ncnc1NCCC(=O)NC(C)CC. The van der Waals surface area contributed by atoms with Crippen molar-refractivity contribution in [3.63, 3.8) is 0 Å². The van der Waals surface area contributed by atoms with E-state index in [1.807, 2.05) is 13.8 Å². The summed E-state index contributed by atoms with van der Waals surface area (Å²) in [7, 11) is 0. The standard InChI is InChI=1S/C14H23ClN4O/c1-4-6-11-13(15)17-9-18-14(11)16-8-7-12(20)19-10(3)5-2/h9-10H,4-8H2,1-3H3,(H,19,20)(H,16,17,18). The summed E-state index contributed by atoms with van der Waals surface area (Å²) in [6.45, 7) is 6.65. The maximum absolute atomic E-state index is 11.7. The second-order valence-electron chi connectivity index (χ2n) is 4.80. The Morgan fingerprint density at radius 3 is 2.80 bits per heavy atom. The van der Waals surface area contributed by atoms with Crippen LogP contribution in [0.15, 0.2) is 6.33 Å². The van der Waals surface area contributed by atoms with Crippen LogP contribution in [0.1, 0.15) is 45.6 Å². The molecule has 1 amide bonds. The smallest absolute Gasteiger partial charge is 0.221 e. The molecule has 0 spiro atoms. The van der Waals surface area contributed by atoms with E-state index in [9.17, 15) is 4.79 Å². The van der Waals surface area contributed by atoms with Crippen LogP contribution >= 0.6 is 11.6 Å². The molecule has 1 unspecified atom stereocenters. The number of nitrogens with zero attached hydrogens (tertiary/aromatic N) is 2. The number of hydrogen-bond acceptors (Lipinski definition) is 4. The number of anilines is 1. The summed E-state index contributed by atoms with van der Waals surface area (Å²) >= 11 is 6.07. The Morgan fingerprint density at radius 1 is 1.40 bits per heavy atom. The molecule has 0 aromatic carbocycles. The molecule has 20 heavy (non-hydrogen) atoms. The Bertz CT molecular complexity index is 439. The average molecular weight is 299 g/mol. The van der Waals surface area contributed by atoms with Gasteiger partial charge in [-0.3, -0.25) is 4.79 Å². The largest absolute Gasteiger partial charge is 0.369 e. The summed E-state index contributed by atoms with van der Waals surface area (Å²) < 4.78 is 0. The van der Waals surface area contributed by atoms with E-state index in [1.54, 1.807) is 0 Å². The zero-order chi connectivity index (χ0) is 15.0. The van der Waals surface area contributed by atoms with Crippen LogP contribution in [0.4, 0.5) is 5.82 Å². The lowest BCUT2D eigenvalue weighted by Crippen LogP contribution is -2.33. The number of halogens is 1. The predicted molar refractivity (Wildman–Crippen MR) is 82.0 cm³/mol. The number of rotatable bonds is 8. The molecule has 1 aromatic rings. The lowest BCUT2D eigenvalue weighted by molar-refractivity contribution is -0.121. The highest BCUT2D eigenvalue weighted by Crippen LogP contribution is 2.21. The van der Waals surface area contributed by atoms with Crippen LogP contribution < -0.4 is 10.6 Å². The molecule has 0 bridgehead atoms. The molecule has 1 atom stereocenters. The van der Waals surface area contributed by atoms with Gasteiger partial charge in [0.25, 0.3) is 0 Å². The Morgan fingerprint density at radius 2 is 2.15 bits per heavy atom. The summed E-state index contributed by atoms with van der Waals surface area (Å²) in [6.07, 6.45) is 4.57. The first kappa shape index (κ1) is 16.7. The summed E-state index contributed by atoms with van der Waals surface area (Å²) in [5.74, 6) is 0.771. The van der Waals surface area contributed by atoms with Gasteiger partial charge in [0, 0.05) is 24.6 Å². The van der Waals surface area contributed by atoms with Gasteiger partial charge < -0.3 is 10.6 Å². The minimum atomic E-state index is 0.0454.